The fourth-order valence-electron chi connectivity index (χ4n) is 2.01. The van der Waals surface area contributed by atoms with Crippen molar-refractivity contribution in [2.45, 2.75) is 47.5 Å². The first-order chi connectivity index (χ1) is 8.84. The number of carbonyl (C=O) groups is 1. The lowest BCUT2D eigenvalue weighted by molar-refractivity contribution is -0.113. The van der Waals surface area contributed by atoms with Crippen molar-refractivity contribution in [3.63, 3.8) is 0 Å². The van der Waals surface area contributed by atoms with Crippen molar-refractivity contribution in [1.29, 1.82) is 0 Å². The third-order valence-electron chi connectivity index (χ3n) is 3.12. The van der Waals surface area contributed by atoms with Crippen LogP contribution in [0.2, 0.25) is 0 Å². The molecular formula is C16H28N2O. The van der Waals surface area contributed by atoms with Crippen molar-refractivity contribution in [1.82, 2.24) is 4.90 Å². The van der Waals surface area contributed by atoms with Crippen LogP contribution in [0.1, 0.15) is 47.5 Å². The molecule has 0 saturated heterocycles. The molecule has 0 saturated carbocycles. The van der Waals surface area contributed by atoms with E-state index in [4.69, 9.17) is 0 Å². The number of allylic oxidation sites excluding steroid dienone is 3. The molecule has 3 nitrogen and oxygen atoms in total. The van der Waals surface area contributed by atoms with E-state index in [1.54, 1.807) is 13.1 Å². The van der Waals surface area contributed by atoms with Gasteiger partial charge in [-0.15, -0.1) is 0 Å². The number of hydrogen-bond acceptors (Lipinski definition) is 3. The van der Waals surface area contributed by atoms with Crippen LogP contribution in [0.25, 0.3) is 0 Å². The molecule has 0 aromatic heterocycles. The first-order valence-electron chi connectivity index (χ1n) is 7.00. The average Bonchev–Trinajstić information content (AvgIpc) is 2.32. The zero-order valence-electron chi connectivity index (χ0n) is 13.3. The summed E-state index contributed by atoms with van der Waals surface area (Å²) in [5.74, 6) is 0.398. The third-order valence-corrected chi connectivity index (χ3v) is 3.12. The summed E-state index contributed by atoms with van der Waals surface area (Å²) in [4.78, 5) is 18.3. The molecule has 0 spiro atoms. The van der Waals surface area contributed by atoms with Crippen molar-refractivity contribution in [3.05, 3.63) is 23.5 Å². The molecule has 1 atom stereocenters. The third kappa shape index (κ3) is 5.86. The summed E-state index contributed by atoms with van der Waals surface area (Å²) in [7, 11) is 2.04. The van der Waals surface area contributed by atoms with Gasteiger partial charge in [-0.2, -0.15) is 0 Å². The fraction of sp³-hybridized carbons (Fsp3) is 0.625. The molecular weight excluding hydrogens is 236 g/mol. The Morgan fingerprint density at radius 3 is 2.32 bits per heavy atom. The maximum absolute atomic E-state index is 11.9. The van der Waals surface area contributed by atoms with Crippen molar-refractivity contribution in [2.75, 3.05) is 13.6 Å². The van der Waals surface area contributed by atoms with Gasteiger partial charge in [-0.1, -0.05) is 27.4 Å². The summed E-state index contributed by atoms with van der Waals surface area (Å²) in [5.41, 5.74) is 2.50. The first-order valence-corrected chi connectivity index (χ1v) is 7.00. The number of carbonyl (C=O) groups excluding carboxylic acids is 1. The molecule has 0 aliphatic heterocycles. The van der Waals surface area contributed by atoms with Crippen molar-refractivity contribution >= 4 is 12.0 Å². The maximum Gasteiger partial charge on any atom is 0.163 e. The smallest absolute Gasteiger partial charge is 0.163 e. The lowest BCUT2D eigenvalue weighted by atomic mass is 9.97. The standard InChI is InChI=1S/C16H28N2O/c1-8-10-18(7)16(13(5)9-2)15(14(6)19)11-17-12(3)4/h11,13H,3,8-10H2,1-2,4-7H3/b16-15-,17-11?. The largest absolute Gasteiger partial charge is 0.377 e. The molecule has 0 bridgehead atoms. The molecule has 0 heterocycles. The zero-order chi connectivity index (χ0) is 15.0. The second kappa shape index (κ2) is 8.68. The van der Waals surface area contributed by atoms with Gasteiger partial charge in [0.15, 0.2) is 5.78 Å². The van der Waals surface area contributed by atoms with Gasteiger partial charge in [0.05, 0.1) is 5.57 Å². The predicted octanol–water partition coefficient (Wildman–Crippen LogP) is 3.82. The lowest BCUT2D eigenvalue weighted by Gasteiger charge is -2.28. The van der Waals surface area contributed by atoms with Gasteiger partial charge < -0.3 is 4.90 Å². The van der Waals surface area contributed by atoms with E-state index in [0.29, 0.717) is 17.2 Å². The highest BCUT2D eigenvalue weighted by Gasteiger charge is 2.18. The number of aliphatic imine (C=N–C) groups is 1. The maximum atomic E-state index is 11.9. The zero-order valence-corrected chi connectivity index (χ0v) is 13.3. The Balaban J connectivity index is 5.69. The van der Waals surface area contributed by atoms with Crippen LogP contribution in [0.5, 0.6) is 0 Å². The van der Waals surface area contributed by atoms with Gasteiger partial charge in [-0.3, -0.25) is 9.79 Å². The molecule has 19 heavy (non-hydrogen) atoms. The Hall–Kier alpha value is -1.38. The van der Waals surface area contributed by atoms with E-state index >= 15 is 0 Å². The minimum atomic E-state index is 0.0586. The Kier molecular flexibility index (Phi) is 8.05. The van der Waals surface area contributed by atoms with Crippen LogP contribution in [0.4, 0.5) is 0 Å². The predicted molar refractivity (Wildman–Crippen MR) is 83.4 cm³/mol. The van der Waals surface area contributed by atoms with Crippen LogP contribution < -0.4 is 0 Å². The van der Waals surface area contributed by atoms with Gasteiger partial charge in [0.25, 0.3) is 0 Å². The van der Waals surface area contributed by atoms with E-state index in [2.05, 4.69) is 37.2 Å². The van der Waals surface area contributed by atoms with E-state index < -0.39 is 0 Å². The molecule has 0 fully saturated rings. The van der Waals surface area contributed by atoms with Crippen LogP contribution in [0.3, 0.4) is 0 Å². The molecule has 1 unspecified atom stereocenters. The van der Waals surface area contributed by atoms with Gasteiger partial charge in [-0.25, -0.2) is 0 Å². The summed E-state index contributed by atoms with van der Waals surface area (Å²) in [5, 5.41) is 0. The van der Waals surface area contributed by atoms with Gasteiger partial charge in [0.2, 0.25) is 0 Å². The highest BCUT2D eigenvalue weighted by Crippen LogP contribution is 2.22. The SMILES string of the molecule is C=C(C)N=C/C(C(C)=O)=C(\C(C)CC)N(C)CCC. The minimum absolute atomic E-state index is 0.0586. The molecule has 0 aromatic carbocycles. The van der Waals surface area contributed by atoms with Crippen molar-refractivity contribution < 1.29 is 4.79 Å². The van der Waals surface area contributed by atoms with Crippen LogP contribution in [0.15, 0.2) is 28.5 Å². The summed E-state index contributed by atoms with van der Waals surface area (Å²) < 4.78 is 0. The average molecular weight is 264 g/mol. The summed E-state index contributed by atoms with van der Waals surface area (Å²) >= 11 is 0. The Morgan fingerprint density at radius 1 is 1.37 bits per heavy atom. The molecule has 0 aliphatic rings. The van der Waals surface area contributed by atoms with Gasteiger partial charge in [-0.05, 0) is 32.6 Å². The van der Waals surface area contributed by atoms with Crippen molar-refractivity contribution in [3.8, 4) is 0 Å². The molecule has 0 aliphatic carbocycles. The second-order valence-electron chi connectivity index (χ2n) is 5.08. The lowest BCUT2D eigenvalue weighted by Crippen LogP contribution is -2.26. The minimum Gasteiger partial charge on any atom is -0.377 e. The van der Waals surface area contributed by atoms with E-state index in [-0.39, 0.29) is 5.78 Å². The van der Waals surface area contributed by atoms with Crippen LogP contribution in [0, 0.1) is 5.92 Å². The monoisotopic (exact) mass is 264 g/mol. The summed E-state index contributed by atoms with van der Waals surface area (Å²) in [6.45, 7) is 14.5. The number of ketones is 1. The topological polar surface area (TPSA) is 32.7 Å². The first kappa shape index (κ1) is 17.6. The quantitative estimate of drug-likeness (QED) is 0.493. The second-order valence-corrected chi connectivity index (χ2v) is 5.08. The summed E-state index contributed by atoms with van der Waals surface area (Å²) in [6.07, 6.45) is 3.72. The Morgan fingerprint density at radius 2 is 1.95 bits per heavy atom. The van der Waals surface area contributed by atoms with E-state index in [1.807, 2.05) is 14.0 Å². The number of hydrogen-bond donors (Lipinski definition) is 0. The number of nitrogens with zero attached hydrogens (tertiary/aromatic N) is 2. The molecule has 0 rings (SSSR count). The van der Waals surface area contributed by atoms with Gasteiger partial charge in [0, 0.05) is 31.2 Å². The van der Waals surface area contributed by atoms with Crippen LogP contribution >= 0.6 is 0 Å². The highest BCUT2D eigenvalue weighted by atomic mass is 16.1. The fourth-order valence-corrected chi connectivity index (χ4v) is 2.01. The van der Waals surface area contributed by atoms with E-state index in [0.717, 1.165) is 25.1 Å². The molecule has 108 valence electrons. The molecule has 0 radical (unpaired) electrons. The van der Waals surface area contributed by atoms with Gasteiger partial charge in [0.1, 0.15) is 0 Å². The summed E-state index contributed by atoms with van der Waals surface area (Å²) in [6, 6.07) is 0. The molecule has 3 heteroatoms. The highest BCUT2D eigenvalue weighted by molar-refractivity contribution is 6.13. The van der Waals surface area contributed by atoms with Crippen molar-refractivity contribution in [2.24, 2.45) is 10.9 Å². The molecule has 0 amide bonds. The van der Waals surface area contributed by atoms with Gasteiger partial charge >= 0.3 is 0 Å². The van der Waals surface area contributed by atoms with Crippen LogP contribution in [-0.2, 0) is 4.79 Å². The normalized spacial score (nSPS) is 14.2. The molecule has 0 N–H and O–H groups in total. The number of Topliss-reactive ketones (excluding diaryl/α,β-unsaturated/α-hetero) is 1. The van der Waals surface area contributed by atoms with E-state index in [9.17, 15) is 4.79 Å². The molecule has 0 aromatic rings. The number of rotatable bonds is 8. The van der Waals surface area contributed by atoms with E-state index in [1.165, 1.54) is 0 Å². The Labute approximate surface area is 118 Å². The van der Waals surface area contributed by atoms with Crippen LogP contribution in [-0.4, -0.2) is 30.5 Å². The Bertz CT molecular complexity index is 380.